The number of nitrogens with one attached hydrogen (secondary N) is 3. The zero-order valence-corrected chi connectivity index (χ0v) is 15.2. The molecule has 1 saturated heterocycles. The number of likely N-dealkylation sites (tertiary alicyclic amines) is 1. The molecule has 4 rings (SSSR count). The molecule has 0 spiro atoms. The molecular formula is C17H21N7O3. The second-order valence-corrected chi connectivity index (χ2v) is 6.82. The lowest BCUT2D eigenvalue weighted by Gasteiger charge is -2.31. The largest absolute Gasteiger partial charge is 0.343 e. The first-order chi connectivity index (χ1) is 13.0. The molecule has 142 valence electrons. The van der Waals surface area contributed by atoms with Crippen LogP contribution in [0.4, 0.5) is 0 Å². The molecule has 0 radical (unpaired) electrons. The van der Waals surface area contributed by atoms with Crippen molar-refractivity contribution >= 4 is 16.9 Å². The van der Waals surface area contributed by atoms with Gasteiger partial charge in [0, 0.05) is 25.6 Å². The maximum atomic E-state index is 12.9. The van der Waals surface area contributed by atoms with Crippen LogP contribution in [0.1, 0.15) is 47.6 Å². The number of aromatic nitrogens is 6. The van der Waals surface area contributed by atoms with Crippen molar-refractivity contribution in [1.29, 1.82) is 0 Å². The Morgan fingerprint density at radius 1 is 1.26 bits per heavy atom. The number of hydrogen-bond acceptors (Lipinski definition) is 5. The van der Waals surface area contributed by atoms with Gasteiger partial charge in [0.2, 0.25) is 0 Å². The fourth-order valence-corrected chi connectivity index (χ4v) is 3.79. The molecule has 27 heavy (non-hydrogen) atoms. The predicted molar refractivity (Wildman–Crippen MR) is 97.9 cm³/mol. The minimum absolute atomic E-state index is 0.145. The molecule has 0 unspecified atom stereocenters. The predicted octanol–water partition coefficient (Wildman–Crippen LogP) is 0.484. The maximum Gasteiger partial charge on any atom is 0.343 e. The second-order valence-electron chi connectivity index (χ2n) is 6.82. The first kappa shape index (κ1) is 17.3. The highest BCUT2D eigenvalue weighted by Crippen LogP contribution is 2.27. The van der Waals surface area contributed by atoms with Crippen LogP contribution in [0.3, 0.4) is 0 Å². The topological polar surface area (TPSA) is 133 Å². The van der Waals surface area contributed by atoms with Gasteiger partial charge in [-0.3, -0.25) is 24.4 Å². The molecule has 1 fully saturated rings. The third-order valence-corrected chi connectivity index (χ3v) is 5.21. The Bertz CT molecular complexity index is 1110. The van der Waals surface area contributed by atoms with E-state index in [4.69, 9.17) is 0 Å². The van der Waals surface area contributed by atoms with E-state index in [1.807, 2.05) is 6.92 Å². The third-order valence-electron chi connectivity index (χ3n) is 5.21. The van der Waals surface area contributed by atoms with E-state index in [2.05, 4.69) is 25.4 Å². The van der Waals surface area contributed by atoms with Gasteiger partial charge in [-0.2, -0.15) is 5.10 Å². The average molecular weight is 371 g/mol. The summed E-state index contributed by atoms with van der Waals surface area (Å²) in [4.78, 5) is 42.4. The van der Waals surface area contributed by atoms with Crippen LogP contribution >= 0.6 is 0 Å². The summed E-state index contributed by atoms with van der Waals surface area (Å²) in [5.74, 6) is 0.747. The number of amides is 1. The average Bonchev–Trinajstić information content (AvgIpc) is 3.24. The standard InChI is InChI=1S/C17H21N7O3/c1-3-24-14(20-22-17(24)27)10-4-6-23(7-5-10)16(26)11-8-9(2)12-13(18-11)19-21-15(12)25/h8,10H,3-7H2,1-2H3,(H,22,27)(H2,18,19,21,25). The van der Waals surface area contributed by atoms with E-state index in [0.717, 1.165) is 18.7 Å². The molecule has 0 aromatic carbocycles. The van der Waals surface area contributed by atoms with Crippen molar-refractivity contribution in [2.45, 2.75) is 39.2 Å². The highest BCUT2D eigenvalue weighted by molar-refractivity contribution is 5.95. The van der Waals surface area contributed by atoms with Crippen molar-refractivity contribution in [2.24, 2.45) is 0 Å². The molecule has 10 heteroatoms. The summed E-state index contributed by atoms with van der Waals surface area (Å²) in [7, 11) is 0. The number of nitrogens with zero attached hydrogens (tertiary/aromatic N) is 4. The Morgan fingerprint density at radius 2 is 2.00 bits per heavy atom. The van der Waals surface area contributed by atoms with Crippen molar-refractivity contribution in [2.75, 3.05) is 13.1 Å². The SMILES string of the molecule is CCn1c(C2CCN(C(=O)c3cc(C)c4c(=O)[nH][nH]c4n3)CC2)n[nH]c1=O. The number of hydrogen-bond donors (Lipinski definition) is 3. The number of piperidine rings is 1. The van der Waals surface area contributed by atoms with Crippen molar-refractivity contribution in [3.05, 3.63) is 44.0 Å². The van der Waals surface area contributed by atoms with Crippen LogP contribution in [0.25, 0.3) is 11.0 Å². The Balaban J connectivity index is 1.52. The minimum atomic E-state index is -0.240. The Kier molecular flexibility index (Phi) is 4.17. The first-order valence-electron chi connectivity index (χ1n) is 9.02. The van der Waals surface area contributed by atoms with Crippen LogP contribution in [0.2, 0.25) is 0 Å². The van der Waals surface area contributed by atoms with Crippen LogP contribution in [-0.4, -0.2) is 53.8 Å². The maximum absolute atomic E-state index is 12.9. The number of carbonyl (C=O) groups is 1. The van der Waals surface area contributed by atoms with Gasteiger partial charge in [0.15, 0.2) is 5.65 Å². The number of rotatable bonds is 3. The molecule has 0 saturated carbocycles. The molecular weight excluding hydrogens is 350 g/mol. The zero-order valence-electron chi connectivity index (χ0n) is 15.2. The fourth-order valence-electron chi connectivity index (χ4n) is 3.79. The third kappa shape index (κ3) is 2.86. The van der Waals surface area contributed by atoms with Gasteiger partial charge in [0.1, 0.15) is 11.5 Å². The van der Waals surface area contributed by atoms with Crippen molar-refractivity contribution in [1.82, 2.24) is 34.8 Å². The zero-order chi connectivity index (χ0) is 19.1. The van der Waals surface area contributed by atoms with E-state index in [1.54, 1.807) is 22.5 Å². The lowest BCUT2D eigenvalue weighted by Crippen LogP contribution is -2.39. The first-order valence-corrected chi connectivity index (χ1v) is 9.02. The van der Waals surface area contributed by atoms with Crippen LogP contribution in [0, 0.1) is 6.92 Å². The summed E-state index contributed by atoms with van der Waals surface area (Å²) < 4.78 is 1.64. The Morgan fingerprint density at radius 3 is 2.70 bits per heavy atom. The Hall–Kier alpha value is -3.17. The van der Waals surface area contributed by atoms with Crippen molar-refractivity contribution < 1.29 is 4.79 Å². The van der Waals surface area contributed by atoms with E-state index in [9.17, 15) is 14.4 Å². The number of pyridine rings is 1. The number of carbonyl (C=O) groups excluding carboxylic acids is 1. The van der Waals surface area contributed by atoms with E-state index < -0.39 is 0 Å². The van der Waals surface area contributed by atoms with Crippen molar-refractivity contribution in [3.8, 4) is 0 Å². The summed E-state index contributed by atoms with van der Waals surface area (Å²) in [5.41, 5.74) is 0.986. The molecule has 1 aliphatic rings. The molecule has 3 aromatic rings. The van der Waals surface area contributed by atoms with Gasteiger partial charge in [-0.1, -0.05) is 0 Å². The number of H-pyrrole nitrogens is 3. The van der Waals surface area contributed by atoms with E-state index >= 15 is 0 Å². The summed E-state index contributed by atoms with van der Waals surface area (Å²) in [6.07, 6.45) is 1.47. The monoisotopic (exact) mass is 371 g/mol. The van der Waals surface area contributed by atoms with E-state index in [0.29, 0.717) is 41.9 Å². The van der Waals surface area contributed by atoms with Crippen LogP contribution < -0.4 is 11.2 Å². The molecule has 10 nitrogen and oxygen atoms in total. The van der Waals surface area contributed by atoms with E-state index in [1.165, 1.54) is 0 Å². The van der Waals surface area contributed by atoms with Gasteiger partial charge in [-0.05, 0) is 38.3 Å². The molecule has 0 atom stereocenters. The lowest BCUT2D eigenvalue weighted by atomic mass is 9.95. The molecule has 1 aliphatic heterocycles. The van der Waals surface area contributed by atoms with Gasteiger partial charge in [-0.25, -0.2) is 14.9 Å². The molecule has 3 N–H and O–H groups in total. The fraction of sp³-hybridized carbons (Fsp3) is 0.471. The van der Waals surface area contributed by atoms with Gasteiger partial charge in [0.05, 0.1) is 5.39 Å². The smallest absolute Gasteiger partial charge is 0.337 e. The molecule has 0 bridgehead atoms. The number of aryl methyl sites for hydroxylation is 1. The number of aromatic amines is 3. The normalized spacial score (nSPS) is 15.6. The summed E-state index contributed by atoms with van der Waals surface area (Å²) in [6.45, 7) is 5.40. The van der Waals surface area contributed by atoms with Gasteiger partial charge in [0.25, 0.3) is 11.5 Å². The van der Waals surface area contributed by atoms with Crippen molar-refractivity contribution in [3.63, 3.8) is 0 Å². The lowest BCUT2D eigenvalue weighted by molar-refractivity contribution is 0.0704. The molecule has 1 amide bonds. The van der Waals surface area contributed by atoms with Crippen LogP contribution in [0.5, 0.6) is 0 Å². The van der Waals surface area contributed by atoms with Gasteiger partial charge in [-0.15, -0.1) is 0 Å². The second kappa shape index (κ2) is 6.53. The molecule has 4 heterocycles. The quantitative estimate of drug-likeness (QED) is 0.616. The van der Waals surface area contributed by atoms with E-state index in [-0.39, 0.29) is 23.1 Å². The minimum Gasteiger partial charge on any atom is -0.337 e. The Labute approximate surface area is 153 Å². The highest BCUT2D eigenvalue weighted by Gasteiger charge is 2.28. The molecule has 0 aliphatic carbocycles. The van der Waals surface area contributed by atoms with Crippen LogP contribution in [-0.2, 0) is 6.54 Å². The highest BCUT2D eigenvalue weighted by atomic mass is 16.2. The van der Waals surface area contributed by atoms with Gasteiger partial charge < -0.3 is 4.90 Å². The molecule has 3 aromatic heterocycles. The number of fused-ring (bicyclic) bond motifs is 1. The summed E-state index contributed by atoms with van der Waals surface area (Å²) in [5, 5.41) is 12.3. The summed E-state index contributed by atoms with van der Waals surface area (Å²) >= 11 is 0. The van der Waals surface area contributed by atoms with Crippen LogP contribution in [0.15, 0.2) is 15.7 Å². The van der Waals surface area contributed by atoms with Gasteiger partial charge >= 0.3 is 5.69 Å². The summed E-state index contributed by atoms with van der Waals surface area (Å²) in [6, 6.07) is 1.66.